The molecule has 0 aromatic heterocycles. The monoisotopic (exact) mass is 234 g/mol. The third-order valence-corrected chi connectivity index (χ3v) is 2.09. The molecule has 0 radical (unpaired) electrons. The van der Waals surface area contributed by atoms with Gasteiger partial charge in [-0.2, -0.15) is 0 Å². The summed E-state index contributed by atoms with van der Waals surface area (Å²) in [5.41, 5.74) is -0.708. The van der Waals surface area contributed by atoms with Crippen molar-refractivity contribution in [2.24, 2.45) is 5.41 Å². The molecule has 0 aliphatic carbocycles. The van der Waals surface area contributed by atoms with Gasteiger partial charge in [0.2, 0.25) is 0 Å². The van der Waals surface area contributed by atoms with Gasteiger partial charge in [-0.25, -0.2) is 0 Å². The molecule has 1 saturated heterocycles. The van der Waals surface area contributed by atoms with Gasteiger partial charge in [-0.1, -0.05) is 13.0 Å². The van der Waals surface area contributed by atoms with Crippen LogP contribution in [0.3, 0.4) is 0 Å². The molecule has 96 valence electrons. The second-order valence-corrected chi connectivity index (χ2v) is 4.07. The Morgan fingerprint density at radius 2 is 1.88 bits per heavy atom. The van der Waals surface area contributed by atoms with Crippen molar-refractivity contribution in [2.75, 3.05) is 39.6 Å². The first-order valence-electron chi connectivity index (χ1n) is 5.24. The number of hydrogen-bond acceptors (Lipinski definition) is 5. The van der Waals surface area contributed by atoms with Crippen LogP contribution in [0.4, 0.5) is 0 Å². The van der Waals surface area contributed by atoms with E-state index in [-0.39, 0.29) is 19.8 Å². The average molecular weight is 234 g/mol. The molecule has 5 heteroatoms. The molecule has 1 heterocycles. The summed E-state index contributed by atoms with van der Waals surface area (Å²) in [6.45, 7) is 6.81. The van der Waals surface area contributed by atoms with Crippen LogP contribution in [0.15, 0.2) is 12.7 Å². The smallest absolute Gasteiger partial charge is 0.104 e. The Hall–Kier alpha value is -0.460. The fraction of sp³-hybridized carbons (Fsp3) is 0.818. The van der Waals surface area contributed by atoms with Gasteiger partial charge in [0.25, 0.3) is 0 Å². The topological polar surface area (TPSA) is 82.5 Å². The Bertz CT molecular complexity index is 167. The fourth-order valence-electron chi connectivity index (χ4n) is 0.597. The van der Waals surface area contributed by atoms with Crippen molar-refractivity contribution in [1.82, 2.24) is 0 Å². The van der Waals surface area contributed by atoms with E-state index in [4.69, 9.17) is 24.8 Å². The molecule has 0 bridgehead atoms. The molecular formula is C11H22O5. The molecule has 0 amide bonds. The number of rotatable bonds is 7. The number of aliphatic hydroxyl groups excluding tert-OH is 3. The van der Waals surface area contributed by atoms with Crippen LogP contribution >= 0.6 is 0 Å². The molecule has 1 unspecified atom stereocenters. The van der Waals surface area contributed by atoms with E-state index in [1.807, 2.05) is 0 Å². The summed E-state index contributed by atoms with van der Waals surface area (Å²) in [4.78, 5) is 0. The number of hydrogen-bond donors (Lipinski definition) is 3. The van der Waals surface area contributed by atoms with E-state index >= 15 is 0 Å². The molecule has 0 spiro atoms. The zero-order valence-corrected chi connectivity index (χ0v) is 9.76. The quantitative estimate of drug-likeness (QED) is 0.316. The van der Waals surface area contributed by atoms with Crippen LogP contribution < -0.4 is 0 Å². The summed E-state index contributed by atoms with van der Waals surface area (Å²) in [5, 5.41) is 25.4. The molecule has 1 atom stereocenters. The van der Waals surface area contributed by atoms with Crippen LogP contribution in [0.5, 0.6) is 0 Å². The van der Waals surface area contributed by atoms with Crippen LogP contribution in [0.25, 0.3) is 0 Å². The lowest BCUT2D eigenvalue weighted by Gasteiger charge is -2.20. The van der Waals surface area contributed by atoms with Crippen LogP contribution in [0, 0.1) is 5.41 Å². The van der Waals surface area contributed by atoms with Gasteiger partial charge >= 0.3 is 0 Å². The summed E-state index contributed by atoms with van der Waals surface area (Å²) in [6.07, 6.45) is 2.12. The zero-order chi connectivity index (χ0) is 12.4. The first-order valence-corrected chi connectivity index (χ1v) is 5.24. The van der Waals surface area contributed by atoms with Crippen molar-refractivity contribution in [2.45, 2.75) is 13.0 Å². The Morgan fingerprint density at radius 1 is 1.38 bits per heavy atom. The van der Waals surface area contributed by atoms with E-state index in [1.165, 1.54) is 0 Å². The van der Waals surface area contributed by atoms with Gasteiger partial charge in [0.15, 0.2) is 0 Å². The highest BCUT2D eigenvalue weighted by Gasteiger charge is 2.21. The molecule has 1 fully saturated rings. The molecule has 16 heavy (non-hydrogen) atoms. The highest BCUT2D eigenvalue weighted by atomic mass is 16.6. The van der Waals surface area contributed by atoms with Crippen LogP contribution in [-0.2, 0) is 9.47 Å². The first kappa shape index (κ1) is 15.5. The Morgan fingerprint density at radius 3 is 2.12 bits per heavy atom. The van der Waals surface area contributed by atoms with Gasteiger partial charge in [-0.05, 0) is 0 Å². The van der Waals surface area contributed by atoms with Crippen molar-refractivity contribution >= 4 is 0 Å². The van der Waals surface area contributed by atoms with E-state index in [9.17, 15) is 0 Å². The summed E-state index contributed by atoms with van der Waals surface area (Å²) in [7, 11) is 0. The summed E-state index contributed by atoms with van der Waals surface area (Å²) >= 11 is 0. The maximum absolute atomic E-state index is 8.47. The van der Waals surface area contributed by atoms with Gasteiger partial charge in [-0.15, -0.1) is 6.58 Å². The Labute approximate surface area is 96.3 Å². The van der Waals surface area contributed by atoms with E-state index in [1.54, 1.807) is 13.0 Å². The Balaban J connectivity index is 0.000000281. The molecule has 3 N–H and O–H groups in total. The largest absolute Gasteiger partial charge is 0.396 e. The predicted octanol–water partition coefficient (Wildman–Crippen LogP) is -0.443. The molecule has 5 nitrogen and oxygen atoms in total. The third-order valence-electron chi connectivity index (χ3n) is 2.09. The molecule has 0 aromatic rings. The number of aliphatic hydroxyl groups is 3. The van der Waals surface area contributed by atoms with Crippen molar-refractivity contribution in [1.29, 1.82) is 0 Å². The molecule has 1 aliphatic heterocycles. The maximum Gasteiger partial charge on any atom is 0.104 e. The number of ether oxygens (including phenoxy) is 2. The molecule has 0 saturated carbocycles. The molecule has 0 aromatic carbocycles. The zero-order valence-electron chi connectivity index (χ0n) is 9.76. The van der Waals surface area contributed by atoms with Crippen molar-refractivity contribution in [3.8, 4) is 0 Å². The molecule has 1 rings (SSSR count). The van der Waals surface area contributed by atoms with Gasteiger partial charge in [-0.3, -0.25) is 0 Å². The van der Waals surface area contributed by atoms with E-state index in [0.717, 1.165) is 13.2 Å². The minimum atomic E-state index is -0.708. The second-order valence-electron chi connectivity index (χ2n) is 4.07. The average Bonchev–Trinajstić information content (AvgIpc) is 3.13. The highest BCUT2D eigenvalue weighted by Crippen LogP contribution is 2.11. The standard InChI is InChI=1S/C6H10O2.C5H12O3/c1-2-3-7-4-6-5-8-6;1-5(2-6,3-7)4-8/h2,6H,1,3-5H2;6-8H,2-4H2,1H3. The first-order chi connectivity index (χ1) is 7.61. The van der Waals surface area contributed by atoms with Gasteiger partial charge < -0.3 is 24.8 Å². The molecule has 1 aliphatic rings. The van der Waals surface area contributed by atoms with Crippen molar-refractivity contribution < 1.29 is 24.8 Å². The Kier molecular flexibility index (Phi) is 8.42. The van der Waals surface area contributed by atoms with Crippen LogP contribution in [0.2, 0.25) is 0 Å². The SMILES string of the molecule is C=CCOCC1CO1.CC(CO)(CO)CO. The van der Waals surface area contributed by atoms with Gasteiger partial charge in [0.05, 0.1) is 39.6 Å². The minimum absolute atomic E-state index is 0.181. The van der Waals surface area contributed by atoms with E-state index in [2.05, 4.69) is 6.58 Å². The van der Waals surface area contributed by atoms with E-state index < -0.39 is 5.41 Å². The maximum atomic E-state index is 8.47. The summed E-state index contributed by atoms with van der Waals surface area (Å²) in [5.74, 6) is 0. The van der Waals surface area contributed by atoms with Crippen molar-refractivity contribution in [3.05, 3.63) is 12.7 Å². The number of epoxide rings is 1. The normalized spacial score (nSPS) is 18.6. The lowest BCUT2D eigenvalue weighted by molar-refractivity contribution is 0.0200. The lowest BCUT2D eigenvalue weighted by atomic mass is 9.95. The molecular weight excluding hydrogens is 212 g/mol. The summed E-state index contributed by atoms with van der Waals surface area (Å²) in [6, 6.07) is 0. The predicted molar refractivity (Wildman–Crippen MR) is 60.1 cm³/mol. The summed E-state index contributed by atoms with van der Waals surface area (Å²) < 4.78 is 9.96. The second kappa shape index (κ2) is 8.66. The van der Waals surface area contributed by atoms with Gasteiger partial charge in [0.1, 0.15) is 6.10 Å². The van der Waals surface area contributed by atoms with Crippen LogP contribution in [-0.4, -0.2) is 61.1 Å². The van der Waals surface area contributed by atoms with Crippen LogP contribution in [0.1, 0.15) is 6.92 Å². The minimum Gasteiger partial charge on any atom is -0.396 e. The highest BCUT2D eigenvalue weighted by molar-refractivity contribution is 4.70. The lowest BCUT2D eigenvalue weighted by Crippen LogP contribution is -2.29. The van der Waals surface area contributed by atoms with Gasteiger partial charge in [0, 0.05) is 5.41 Å². The fourth-order valence-corrected chi connectivity index (χ4v) is 0.597. The van der Waals surface area contributed by atoms with Crippen molar-refractivity contribution in [3.63, 3.8) is 0 Å². The third kappa shape index (κ3) is 7.78. The van der Waals surface area contributed by atoms with E-state index in [0.29, 0.717) is 12.7 Å².